The molecule has 0 bridgehead atoms. The molecule has 0 aromatic heterocycles. The second-order valence-corrected chi connectivity index (χ2v) is 6.51. The van der Waals surface area contributed by atoms with E-state index in [1.807, 2.05) is 36.4 Å². The number of amides is 2. The van der Waals surface area contributed by atoms with E-state index in [2.05, 4.69) is 6.07 Å². The van der Waals surface area contributed by atoms with Gasteiger partial charge in [-0.3, -0.25) is 9.59 Å². The Hall–Kier alpha value is -3.33. The molecule has 1 atom stereocenters. The van der Waals surface area contributed by atoms with Crippen LogP contribution < -0.4 is 4.74 Å². The highest BCUT2D eigenvalue weighted by molar-refractivity contribution is 5.94. The zero-order valence-electron chi connectivity index (χ0n) is 15.4. The van der Waals surface area contributed by atoms with Crippen LogP contribution in [0.1, 0.15) is 23.6 Å². The van der Waals surface area contributed by atoms with E-state index in [1.165, 1.54) is 0 Å². The van der Waals surface area contributed by atoms with Crippen molar-refractivity contribution in [2.45, 2.75) is 26.1 Å². The number of nitrogens with zero attached hydrogens (tertiary/aromatic N) is 3. The van der Waals surface area contributed by atoms with Crippen LogP contribution in [0.3, 0.4) is 0 Å². The number of benzene rings is 2. The van der Waals surface area contributed by atoms with Gasteiger partial charge in [0.05, 0.1) is 18.7 Å². The molecule has 1 aliphatic heterocycles. The van der Waals surface area contributed by atoms with Crippen molar-refractivity contribution in [3.63, 3.8) is 0 Å². The normalized spacial score (nSPS) is 17.0. The molecular weight excluding hydrogens is 342 g/mol. The van der Waals surface area contributed by atoms with Crippen LogP contribution in [-0.4, -0.2) is 41.3 Å². The van der Waals surface area contributed by atoms with Crippen molar-refractivity contribution in [1.29, 1.82) is 5.26 Å². The van der Waals surface area contributed by atoms with Crippen LogP contribution in [0.25, 0.3) is 0 Å². The zero-order valence-corrected chi connectivity index (χ0v) is 15.4. The van der Waals surface area contributed by atoms with Gasteiger partial charge in [-0.05, 0) is 36.2 Å². The average Bonchev–Trinajstić information content (AvgIpc) is 2.70. The second-order valence-electron chi connectivity index (χ2n) is 6.51. The highest BCUT2D eigenvalue weighted by Crippen LogP contribution is 2.20. The molecule has 2 amide bonds. The maximum Gasteiger partial charge on any atom is 0.245 e. The van der Waals surface area contributed by atoms with Crippen LogP contribution in [0, 0.1) is 11.3 Å². The summed E-state index contributed by atoms with van der Waals surface area (Å²) in [5.41, 5.74) is 2.20. The molecule has 1 saturated heterocycles. The summed E-state index contributed by atoms with van der Waals surface area (Å²) in [4.78, 5) is 28.6. The first kappa shape index (κ1) is 18.5. The van der Waals surface area contributed by atoms with Gasteiger partial charge in [-0.25, -0.2) is 0 Å². The van der Waals surface area contributed by atoms with Gasteiger partial charge in [0.15, 0.2) is 0 Å². The molecule has 1 fully saturated rings. The third kappa shape index (κ3) is 3.93. The maximum atomic E-state index is 12.8. The Balaban J connectivity index is 1.73. The summed E-state index contributed by atoms with van der Waals surface area (Å²) in [6.45, 7) is 2.40. The van der Waals surface area contributed by atoms with Crippen molar-refractivity contribution in [1.82, 2.24) is 9.80 Å². The Morgan fingerprint density at radius 1 is 1.11 bits per heavy atom. The van der Waals surface area contributed by atoms with E-state index in [0.717, 1.165) is 16.9 Å². The molecule has 3 rings (SSSR count). The standard InChI is InChI=1S/C21H21N3O3/c1-15-21(26)23(12-16-7-9-19(27-2)10-8-16)14-20(25)24(15)13-18-6-4-3-5-17(18)11-22/h3-10,15H,12-14H2,1-2H3/t15-/m0/s1. The van der Waals surface area contributed by atoms with Gasteiger partial charge in [0.1, 0.15) is 18.3 Å². The summed E-state index contributed by atoms with van der Waals surface area (Å²) >= 11 is 0. The van der Waals surface area contributed by atoms with E-state index < -0.39 is 6.04 Å². The lowest BCUT2D eigenvalue weighted by Gasteiger charge is -2.39. The first-order valence-electron chi connectivity index (χ1n) is 8.72. The largest absolute Gasteiger partial charge is 0.497 e. The fourth-order valence-corrected chi connectivity index (χ4v) is 3.21. The SMILES string of the molecule is COc1ccc(CN2CC(=O)N(Cc3ccccc3C#N)[C@@H](C)C2=O)cc1. The molecule has 0 radical (unpaired) electrons. The van der Waals surface area contributed by atoms with Crippen LogP contribution in [0.4, 0.5) is 0 Å². The van der Waals surface area contributed by atoms with Crippen molar-refractivity contribution >= 4 is 11.8 Å². The third-order valence-electron chi connectivity index (χ3n) is 4.79. The lowest BCUT2D eigenvalue weighted by molar-refractivity contribution is -0.156. The fraction of sp³-hybridized carbons (Fsp3) is 0.286. The average molecular weight is 363 g/mol. The molecule has 0 saturated carbocycles. The van der Waals surface area contributed by atoms with Gasteiger partial charge in [0.25, 0.3) is 0 Å². The predicted molar refractivity (Wildman–Crippen MR) is 99.6 cm³/mol. The van der Waals surface area contributed by atoms with Gasteiger partial charge < -0.3 is 14.5 Å². The summed E-state index contributed by atoms with van der Waals surface area (Å²) in [7, 11) is 1.60. The Labute approximate surface area is 158 Å². The van der Waals surface area contributed by atoms with Crippen molar-refractivity contribution in [2.75, 3.05) is 13.7 Å². The number of ether oxygens (including phenoxy) is 1. The van der Waals surface area contributed by atoms with Crippen LogP contribution in [0.5, 0.6) is 5.75 Å². The monoisotopic (exact) mass is 363 g/mol. The maximum absolute atomic E-state index is 12.8. The topological polar surface area (TPSA) is 73.6 Å². The Morgan fingerprint density at radius 2 is 1.81 bits per heavy atom. The first-order chi connectivity index (χ1) is 13.0. The summed E-state index contributed by atoms with van der Waals surface area (Å²) in [6.07, 6.45) is 0. The van der Waals surface area contributed by atoms with Crippen molar-refractivity contribution < 1.29 is 14.3 Å². The third-order valence-corrected chi connectivity index (χ3v) is 4.79. The number of rotatable bonds is 5. The zero-order chi connectivity index (χ0) is 19.4. The molecule has 2 aromatic rings. The van der Waals surface area contributed by atoms with Gasteiger partial charge in [-0.2, -0.15) is 5.26 Å². The van der Waals surface area contributed by atoms with Crippen molar-refractivity contribution in [3.05, 3.63) is 65.2 Å². The molecule has 6 heteroatoms. The number of hydrogen-bond donors (Lipinski definition) is 0. The summed E-state index contributed by atoms with van der Waals surface area (Å²) < 4.78 is 5.14. The van der Waals surface area contributed by atoms with Crippen LogP contribution >= 0.6 is 0 Å². The van der Waals surface area contributed by atoms with E-state index >= 15 is 0 Å². The minimum Gasteiger partial charge on any atom is -0.497 e. The molecule has 0 unspecified atom stereocenters. The first-order valence-corrected chi connectivity index (χ1v) is 8.72. The number of carbonyl (C=O) groups is 2. The van der Waals surface area contributed by atoms with Crippen molar-refractivity contribution in [2.24, 2.45) is 0 Å². The van der Waals surface area contributed by atoms with E-state index in [-0.39, 0.29) is 24.9 Å². The van der Waals surface area contributed by atoms with Gasteiger partial charge >= 0.3 is 0 Å². The lowest BCUT2D eigenvalue weighted by Crippen LogP contribution is -2.58. The van der Waals surface area contributed by atoms with E-state index in [1.54, 1.807) is 36.0 Å². The smallest absolute Gasteiger partial charge is 0.245 e. The highest BCUT2D eigenvalue weighted by Gasteiger charge is 2.36. The number of carbonyl (C=O) groups excluding carboxylic acids is 2. The molecule has 0 aliphatic carbocycles. The van der Waals surface area contributed by atoms with E-state index in [9.17, 15) is 14.9 Å². The predicted octanol–water partition coefficient (Wildman–Crippen LogP) is 2.33. The van der Waals surface area contributed by atoms with E-state index in [0.29, 0.717) is 12.1 Å². The molecule has 2 aromatic carbocycles. The molecule has 1 aliphatic rings. The van der Waals surface area contributed by atoms with Crippen LogP contribution in [0.15, 0.2) is 48.5 Å². The summed E-state index contributed by atoms with van der Waals surface area (Å²) in [5.74, 6) is 0.527. The fourth-order valence-electron chi connectivity index (χ4n) is 3.21. The van der Waals surface area contributed by atoms with Crippen molar-refractivity contribution in [3.8, 4) is 11.8 Å². The molecular formula is C21H21N3O3. The molecule has 1 heterocycles. The Morgan fingerprint density at radius 3 is 2.48 bits per heavy atom. The molecule has 27 heavy (non-hydrogen) atoms. The molecule has 0 spiro atoms. The minimum absolute atomic E-state index is 0.0317. The lowest BCUT2D eigenvalue weighted by atomic mass is 10.1. The summed E-state index contributed by atoms with van der Waals surface area (Å²) in [6, 6.07) is 16.1. The van der Waals surface area contributed by atoms with Gasteiger partial charge in [-0.15, -0.1) is 0 Å². The van der Waals surface area contributed by atoms with Gasteiger partial charge in [0.2, 0.25) is 11.8 Å². The summed E-state index contributed by atoms with van der Waals surface area (Å²) in [5, 5.41) is 9.24. The number of piperazine rings is 1. The second kappa shape index (κ2) is 7.92. The van der Waals surface area contributed by atoms with E-state index in [4.69, 9.17) is 4.74 Å². The number of methoxy groups -OCH3 is 1. The van der Waals surface area contributed by atoms with Crippen LogP contribution in [-0.2, 0) is 22.7 Å². The Bertz CT molecular complexity index is 886. The van der Waals surface area contributed by atoms with Crippen LogP contribution in [0.2, 0.25) is 0 Å². The molecule has 6 nitrogen and oxygen atoms in total. The van der Waals surface area contributed by atoms with Gasteiger partial charge in [-0.1, -0.05) is 30.3 Å². The highest BCUT2D eigenvalue weighted by atomic mass is 16.5. The number of nitriles is 1. The quantitative estimate of drug-likeness (QED) is 0.817. The molecule has 138 valence electrons. The van der Waals surface area contributed by atoms with Gasteiger partial charge in [0, 0.05) is 13.1 Å². The molecule has 0 N–H and O–H groups in total. The number of hydrogen-bond acceptors (Lipinski definition) is 4. The Kier molecular flexibility index (Phi) is 5.41. The minimum atomic E-state index is -0.573.